The van der Waals surface area contributed by atoms with Gasteiger partial charge in [0, 0.05) is 61.4 Å². The number of nitrogens with two attached hydrogens (primary N) is 1. The van der Waals surface area contributed by atoms with Crippen molar-refractivity contribution in [3.8, 4) is 23.2 Å². The number of alkyl halides is 3. The molecule has 300 valence electrons. The number of halogens is 6. The van der Waals surface area contributed by atoms with E-state index in [0.717, 1.165) is 47.8 Å². The number of nitrogen functional groups attached to an aromatic ring is 1. The number of thiophene rings is 1. The largest absolute Gasteiger partial charge is 0.461 e. The molecule has 3 aliphatic rings. The van der Waals surface area contributed by atoms with Crippen molar-refractivity contribution >= 4 is 60.8 Å². The fourth-order valence-corrected chi connectivity index (χ4v) is 10.3. The third kappa shape index (κ3) is 6.57. The Labute approximate surface area is 333 Å². The zero-order valence-electron chi connectivity index (χ0n) is 31.4. The molecule has 4 atom stereocenters. The van der Waals surface area contributed by atoms with E-state index in [2.05, 4.69) is 20.0 Å². The van der Waals surface area contributed by atoms with Crippen molar-refractivity contribution in [1.29, 1.82) is 5.26 Å². The highest BCUT2D eigenvalue weighted by Gasteiger charge is 2.50. The van der Waals surface area contributed by atoms with E-state index >= 15 is 8.78 Å². The van der Waals surface area contributed by atoms with Crippen LogP contribution in [-0.2, 0) is 0 Å². The molecule has 8 rings (SSSR count). The molecule has 3 fully saturated rings. The number of aromatic nitrogens is 5. The molecule has 0 unspecified atom stereocenters. The van der Waals surface area contributed by atoms with E-state index in [4.69, 9.17) is 27.1 Å². The van der Waals surface area contributed by atoms with Gasteiger partial charge in [-0.2, -0.15) is 19.9 Å². The smallest absolute Gasteiger partial charge is 0.346 e. The lowest BCUT2D eigenvalue weighted by atomic mass is 9.72. The highest BCUT2D eigenvalue weighted by Crippen LogP contribution is 2.47. The fraction of sp³-hybridized carbons (Fsp3) is 0.474. The van der Waals surface area contributed by atoms with E-state index in [-0.39, 0.29) is 91.1 Å². The molecule has 0 radical (unpaired) electrons. The van der Waals surface area contributed by atoms with Gasteiger partial charge in [-0.3, -0.25) is 4.90 Å². The average Bonchev–Trinajstić information content (AvgIpc) is 3.91. The summed E-state index contributed by atoms with van der Waals surface area (Å²) in [5, 5.41) is 14.0. The summed E-state index contributed by atoms with van der Waals surface area (Å²) in [7, 11) is 1.75. The molecule has 57 heavy (non-hydrogen) atoms. The second-order valence-electron chi connectivity index (χ2n) is 16.1. The molecule has 3 aromatic heterocycles. The van der Waals surface area contributed by atoms with Crippen molar-refractivity contribution in [1.82, 2.24) is 34.5 Å². The number of benzene rings is 2. The third-order valence-electron chi connectivity index (χ3n) is 11.4. The molecule has 0 spiro atoms. The summed E-state index contributed by atoms with van der Waals surface area (Å²) >= 11 is 7.76. The van der Waals surface area contributed by atoms with E-state index in [0.29, 0.717) is 13.1 Å². The summed E-state index contributed by atoms with van der Waals surface area (Å²) in [6, 6.07) is 4.89. The fourth-order valence-electron chi connectivity index (χ4n) is 9.07. The summed E-state index contributed by atoms with van der Waals surface area (Å²) < 4.78 is 80.4. The molecule has 3 saturated heterocycles. The number of rotatable bonds is 8. The summed E-state index contributed by atoms with van der Waals surface area (Å²) in [5.74, 6) is -2.15. The average molecular weight is 829 g/mol. The van der Waals surface area contributed by atoms with Crippen molar-refractivity contribution in [3.05, 3.63) is 52.6 Å². The predicted molar refractivity (Wildman–Crippen MR) is 205 cm³/mol. The number of hydrogen-bond donors (Lipinski definition) is 1. The first kappa shape index (κ1) is 39.0. The van der Waals surface area contributed by atoms with Crippen molar-refractivity contribution in [2.75, 3.05) is 50.5 Å². The van der Waals surface area contributed by atoms with Crippen LogP contribution < -0.4 is 15.4 Å². The third-order valence-corrected chi connectivity index (χ3v) is 12.7. The maximum atomic E-state index is 17.2. The Morgan fingerprint density at radius 2 is 2.02 bits per heavy atom. The normalized spacial score (nSPS) is 22.4. The molecule has 2 N–H and O–H groups in total. The van der Waals surface area contributed by atoms with E-state index in [1.54, 1.807) is 16.8 Å². The molecule has 6 heterocycles. The first-order valence-corrected chi connectivity index (χ1v) is 19.5. The van der Waals surface area contributed by atoms with Crippen LogP contribution in [0.4, 0.5) is 37.6 Å². The Hall–Kier alpha value is -4.86. The summed E-state index contributed by atoms with van der Waals surface area (Å²) in [6.07, 6.45) is -1.08. The minimum atomic E-state index is -2.93. The zero-order valence-corrected chi connectivity index (χ0v) is 32.9. The van der Waals surface area contributed by atoms with Gasteiger partial charge in [0.15, 0.2) is 5.82 Å². The van der Waals surface area contributed by atoms with Gasteiger partial charge in [-0.15, -0.1) is 16.4 Å². The SMILES string of the molecule is CN(C[C@@H]1CN(C(=O)n2cnc(C(F)F)n2)[C@@H]1C(C)(C)C)c1nc(OC[C@@]23CCCN2C[C@H](F)C3)nc2c(F)c(-c3ccc(F)c4sc(N)c(C#N)c34)c(Cl)cc12. The van der Waals surface area contributed by atoms with Gasteiger partial charge in [-0.1, -0.05) is 38.4 Å². The number of ether oxygens (including phenoxy) is 1. The van der Waals surface area contributed by atoms with Crippen molar-refractivity contribution in [2.24, 2.45) is 11.3 Å². The number of anilines is 2. The Balaban J connectivity index is 1.19. The number of carbonyl (C=O) groups is 1. The molecule has 0 saturated carbocycles. The van der Waals surface area contributed by atoms with E-state index in [1.807, 2.05) is 26.8 Å². The van der Waals surface area contributed by atoms with Gasteiger partial charge in [0.25, 0.3) is 6.43 Å². The van der Waals surface area contributed by atoms with Crippen LogP contribution in [0.5, 0.6) is 6.01 Å². The summed E-state index contributed by atoms with van der Waals surface area (Å²) in [5.41, 5.74) is 4.93. The van der Waals surface area contributed by atoms with E-state index in [9.17, 15) is 23.2 Å². The topological polar surface area (TPSA) is 142 Å². The first-order valence-electron chi connectivity index (χ1n) is 18.4. The van der Waals surface area contributed by atoms with Crippen LogP contribution in [0.2, 0.25) is 5.02 Å². The highest BCUT2D eigenvalue weighted by atomic mass is 35.5. The van der Waals surface area contributed by atoms with Crippen LogP contribution >= 0.6 is 22.9 Å². The van der Waals surface area contributed by atoms with Crippen molar-refractivity contribution in [3.63, 3.8) is 0 Å². The van der Waals surface area contributed by atoms with Gasteiger partial charge >= 0.3 is 12.0 Å². The van der Waals surface area contributed by atoms with Crippen LogP contribution in [0.15, 0.2) is 24.5 Å². The molecule has 0 bridgehead atoms. The highest BCUT2D eigenvalue weighted by molar-refractivity contribution is 7.23. The Morgan fingerprint density at radius 3 is 2.72 bits per heavy atom. The van der Waals surface area contributed by atoms with Gasteiger partial charge in [0.1, 0.15) is 47.3 Å². The lowest BCUT2D eigenvalue weighted by Gasteiger charge is -2.54. The minimum Gasteiger partial charge on any atom is -0.461 e. The van der Waals surface area contributed by atoms with Gasteiger partial charge in [0.2, 0.25) is 5.82 Å². The van der Waals surface area contributed by atoms with Crippen LogP contribution in [-0.4, -0.2) is 98.1 Å². The molecule has 12 nitrogen and oxygen atoms in total. The molecular formula is C38H38ClF5N10O2S. The molecule has 1 amide bonds. The quantitative estimate of drug-likeness (QED) is 0.154. The predicted octanol–water partition coefficient (Wildman–Crippen LogP) is 7.83. The Bertz CT molecular complexity index is 2470. The van der Waals surface area contributed by atoms with Crippen LogP contribution in [0, 0.1) is 34.3 Å². The number of likely N-dealkylation sites (tertiary alicyclic amines) is 1. The number of hydrogen-bond acceptors (Lipinski definition) is 11. The molecule has 19 heteroatoms. The Kier molecular flexibility index (Phi) is 9.72. The van der Waals surface area contributed by atoms with Gasteiger partial charge in [-0.05, 0) is 42.5 Å². The van der Waals surface area contributed by atoms with Crippen LogP contribution in [0.3, 0.4) is 0 Å². The summed E-state index contributed by atoms with van der Waals surface area (Å²) in [4.78, 5) is 31.7. The summed E-state index contributed by atoms with van der Waals surface area (Å²) in [6.45, 7) is 7.53. The van der Waals surface area contributed by atoms with Crippen molar-refractivity contribution < 1.29 is 31.5 Å². The van der Waals surface area contributed by atoms with Crippen LogP contribution in [0.1, 0.15) is 57.8 Å². The van der Waals surface area contributed by atoms with Gasteiger partial charge < -0.3 is 20.3 Å². The lowest BCUT2D eigenvalue weighted by molar-refractivity contribution is -0.0144. The monoisotopic (exact) mass is 828 g/mol. The first-order chi connectivity index (χ1) is 27.0. The van der Waals surface area contributed by atoms with E-state index in [1.165, 1.54) is 12.1 Å². The number of carbonyl (C=O) groups excluding carboxylic acids is 1. The second kappa shape index (κ2) is 14.2. The maximum absolute atomic E-state index is 17.2. The van der Waals surface area contributed by atoms with Gasteiger partial charge in [0.05, 0.1) is 20.8 Å². The second-order valence-corrected chi connectivity index (χ2v) is 17.6. The molecule has 2 aromatic carbocycles. The van der Waals surface area contributed by atoms with E-state index < -0.39 is 47.0 Å². The standard InChI is InChI=1S/C38H38ClF5N10O2S/c1-37(2,3)30-18(14-53(30)36(55)54-17-47-33(50-54)31(43)44)13-51(4)34-21-10-23(39)26(20-6-7-24(41)29-25(20)22(12-45)32(46)57-29)27(42)28(21)48-35(49-34)56-16-38-8-5-9-52(38)15-19(40)11-38/h6-7,10,17-19,30-31H,5,8-9,11,13-16,46H2,1-4H3/t18-,19-,30+,38+/m1/s1. The van der Waals surface area contributed by atoms with Crippen molar-refractivity contribution in [2.45, 2.75) is 64.2 Å². The lowest BCUT2D eigenvalue weighted by Crippen LogP contribution is -2.66. The number of nitriles is 1. The zero-order chi connectivity index (χ0) is 40.7. The van der Waals surface area contributed by atoms with Gasteiger partial charge in [-0.25, -0.2) is 31.7 Å². The van der Waals surface area contributed by atoms with Crippen LogP contribution in [0.25, 0.3) is 32.1 Å². The number of nitrogens with zero attached hydrogens (tertiary/aromatic N) is 9. The number of fused-ring (bicyclic) bond motifs is 3. The Morgan fingerprint density at radius 1 is 1.25 bits per heavy atom. The minimum absolute atomic E-state index is 0.00462. The molecule has 0 aliphatic carbocycles. The molecule has 3 aliphatic heterocycles. The number of amides is 1. The maximum Gasteiger partial charge on any atom is 0.346 e. The molecular weight excluding hydrogens is 791 g/mol. The molecule has 5 aromatic rings.